The van der Waals surface area contributed by atoms with Gasteiger partial charge in [-0.15, -0.1) is 0 Å². The molecule has 10 heteroatoms. The van der Waals surface area contributed by atoms with Crippen molar-refractivity contribution in [2.45, 2.75) is 19.1 Å². The molecule has 0 aromatic heterocycles. The molecular weight excluding hydrogens is 526 g/mol. The molecule has 0 radical (unpaired) electrons. The van der Waals surface area contributed by atoms with Crippen molar-refractivity contribution in [3.63, 3.8) is 0 Å². The van der Waals surface area contributed by atoms with E-state index in [4.69, 9.17) is 9.57 Å². The van der Waals surface area contributed by atoms with E-state index < -0.39 is 40.8 Å². The summed E-state index contributed by atoms with van der Waals surface area (Å²) in [7, 11) is 0. The van der Waals surface area contributed by atoms with E-state index in [9.17, 15) is 24.5 Å². The molecule has 0 N–H and O–H groups in total. The van der Waals surface area contributed by atoms with E-state index in [0.29, 0.717) is 28.3 Å². The van der Waals surface area contributed by atoms with Crippen molar-refractivity contribution in [1.82, 2.24) is 0 Å². The van der Waals surface area contributed by atoms with Gasteiger partial charge in [0.2, 0.25) is 5.91 Å². The third-order valence-electron chi connectivity index (χ3n) is 7.16. The Labute approximate surface area is 234 Å². The van der Waals surface area contributed by atoms with Crippen molar-refractivity contribution in [2.75, 3.05) is 9.96 Å². The van der Waals surface area contributed by atoms with Gasteiger partial charge in [0.15, 0.2) is 6.10 Å². The Morgan fingerprint density at radius 1 is 0.829 bits per heavy atom. The standard InChI is InChI=1S/C31H23N3O7/c1-19-7-11-22(12-8-19)32-29(35)26-27(20-9-17-25(18-10-20)40-31(37)21-5-3-2-4-6-21)33(41-28(26)30(32)36)23-13-15-24(16-14-23)34(38)39/h2-18,26-28H,1H3/t26-,27-,28-/m1/s1. The number of nitro groups is 1. The Morgan fingerprint density at radius 2 is 1.46 bits per heavy atom. The Hall–Kier alpha value is -5.35. The second-order valence-corrected chi connectivity index (χ2v) is 9.77. The van der Waals surface area contributed by atoms with E-state index in [0.717, 1.165) is 10.5 Å². The minimum atomic E-state index is -1.10. The molecule has 204 valence electrons. The molecule has 6 rings (SSSR count). The number of imide groups is 1. The van der Waals surface area contributed by atoms with Crippen LogP contribution >= 0.6 is 0 Å². The van der Waals surface area contributed by atoms with Gasteiger partial charge in [-0.3, -0.25) is 24.5 Å². The van der Waals surface area contributed by atoms with Crippen LogP contribution in [0.1, 0.15) is 27.5 Å². The lowest BCUT2D eigenvalue weighted by atomic mass is 9.90. The van der Waals surface area contributed by atoms with Crippen LogP contribution in [0.4, 0.5) is 17.1 Å². The van der Waals surface area contributed by atoms with E-state index in [1.165, 1.54) is 29.3 Å². The highest BCUT2D eigenvalue weighted by molar-refractivity contribution is 6.23. The van der Waals surface area contributed by atoms with E-state index in [2.05, 4.69) is 0 Å². The summed E-state index contributed by atoms with van der Waals surface area (Å²) in [6, 6.07) is 27.2. The van der Waals surface area contributed by atoms with Gasteiger partial charge in [0.25, 0.3) is 11.6 Å². The average Bonchev–Trinajstić information content (AvgIpc) is 3.50. The summed E-state index contributed by atoms with van der Waals surface area (Å²) >= 11 is 0. The molecule has 4 aromatic carbocycles. The molecule has 2 heterocycles. The number of nitro benzene ring substituents is 1. The molecule has 2 saturated heterocycles. The summed E-state index contributed by atoms with van der Waals surface area (Å²) in [6.07, 6.45) is -1.10. The molecule has 10 nitrogen and oxygen atoms in total. The minimum absolute atomic E-state index is 0.105. The van der Waals surface area contributed by atoms with E-state index >= 15 is 0 Å². The van der Waals surface area contributed by atoms with Crippen LogP contribution < -0.4 is 14.7 Å². The van der Waals surface area contributed by atoms with Gasteiger partial charge >= 0.3 is 5.97 Å². The highest BCUT2D eigenvalue weighted by Crippen LogP contribution is 2.48. The lowest BCUT2D eigenvalue weighted by molar-refractivity contribution is -0.384. The third kappa shape index (κ3) is 4.70. The van der Waals surface area contributed by atoms with Crippen molar-refractivity contribution in [2.24, 2.45) is 5.92 Å². The van der Waals surface area contributed by atoms with Crippen LogP contribution in [0.15, 0.2) is 103 Å². The first-order valence-corrected chi connectivity index (χ1v) is 12.8. The number of esters is 1. The van der Waals surface area contributed by atoms with Gasteiger partial charge in [-0.2, -0.15) is 0 Å². The van der Waals surface area contributed by atoms with E-state index in [1.807, 2.05) is 19.1 Å². The molecule has 2 amide bonds. The van der Waals surface area contributed by atoms with Gasteiger partial charge in [-0.05, 0) is 61.0 Å². The number of non-ortho nitro benzene ring substituents is 1. The predicted octanol–water partition coefficient (Wildman–Crippen LogP) is 5.17. The summed E-state index contributed by atoms with van der Waals surface area (Å²) in [4.78, 5) is 57.7. The lowest BCUT2D eigenvalue weighted by Crippen LogP contribution is -2.37. The monoisotopic (exact) mass is 549 g/mol. The third-order valence-corrected chi connectivity index (χ3v) is 7.16. The first kappa shape index (κ1) is 25.9. The van der Waals surface area contributed by atoms with Crippen LogP contribution in [0.5, 0.6) is 5.75 Å². The SMILES string of the molecule is Cc1ccc(N2C(=O)[C@@H]3[C@@H](c4ccc(OC(=O)c5ccccc5)cc4)N(c4ccc([N+](=O)[O-])cc4)O[C@H]3C2=O)cc1. The number of amides is 2. The normalized spacial score (nSPS) is 19.8. The Kier molecular flexibility index (Phi) is 6.52. The number of ether oxygens (including phenoxy) is 1. The van der Waals surface area contributed by atoms with Crippen molar-refractivity contribution < 1.29 is 28.9 Å². The summed E-state index contributed by atoms with van der Waals surface area (Å²) in [5.41, 5.74) is 2.80. The van der Waals surface area contributed by atoms with Gasteiger partial charge in [0.05, 0.1) is 27.9 Å². The Morgan fingerprint density at radius 3 is 2.10 bits per heavy atom. The fraction of sp³-hybridized carbons (Fsp3) is 0.129. The molecule has 0 saturated carbocycles. The lowest BCUT2D eigenvalue weighted by Gasteiger charge is -2.28. The first-order valence-electron chi connectivity index (χ1n) is 12.8. The Balaban J connectivity index is 1.34. The minimum Gasteiger partial charge on any atom is -0.423 e. The highest BCUT2D eigenvalue weighted by Gasteiger charge is 2.60. The van der Waals surface area contributed by atoms with Gasteiger partial charge < -0.3 is 4.74 Å². The van der Waals surface area contributed by atoms with Gasteiger partial charge in [0.1, 0.15) is 11.7 Å². The average molecular weight is 550 g/mol. The van der Waals surface area contributed by atoms with E-state index in [-0.39, 0.29) is 5.69 Å². The fourth-order valence-electron chi connectivity index (χ4n) is 5.12. The van der Waals surface area contributed by atoms with Crippen LogP contribution in [-0.2, 0) is 14.4 Å². The van der Waals surface area contributed by atoms with Gasteiger partial charge in [-0.1, -0.05) is 48.0 Å². The number of hydrogen-bond acceptors (Lipinski definition) is 8. The number of rotatable bonds is 6. The number of nitrogens with zero attached hydrogens (tertiary/aromatic N) is 3. The van der Waals surface area contributed by atoms with Crippen LogP contribution in [0, 0.1) is 23.0 Å². The summed E-state index contributed by atoms with van der Waals surface area (Å²) in [6.45, 7) is 1.91. The van der Waals surface area contributed by atoms with Crippen molar-refractivity contribution >= 4 is 34.8 Å². The van der Waals surface area contributed by atoms with Crippen LogP contribution in [0.2, 0.25) is 0 Å². The number of aryl methyl sites for hydroxylation is 1. The van der Waals surface area contributed by atoms with Gasteiger partial charge in [0, 0.05) is 12.1 Å². The molecule has 0 bridgehead atoms. The van der Waals surface area contributed by atoms with Crippen molar-refractivity contribution in [1.29, 1.82) is 0 Å². The zero-order chi connectivity index (χ0) is 28.7. The van der Waals surface area contributed by atoms with Crippen LogP contribution in [0.25, 0.3) is 0 Å². The number of benzene rings is 4. The predicted molar refractivity (Wildman–Crippen MR) is 148 cm³/mol. The number of carbonyl (C=O) groups excluding carboxylic acids is 3. The quantitative estimate of drug-likeness (QED) is 0.106. The van der Waals surface area contributed by atoms with E-state index in [1.54, 1.807) is 66.7 Å². The van der Waals surface area contributed by atoms with Gasteiger partial charge in [-0.25, -0.2) is 14.8 Å². The summed E-state index contributed by atoms with van der Waals surface area (Å²) in [5.74, 6) is -2.02. The molecule has 0 spiro atoms. The first-order chi connectivity index (χ1) is 19.8. The molecule has 0 unspecified atom stereocenters. The van der Waals surface area contributed by atoms with Crippen LogP contribution in [0.3, 0.4) is 0 Å². The summed E-state index contributed by atoms with van der Waals surface area (Å²) in [5, 5.41) is 12.6. The molecule has 3 atom stereocenters. The maximum Gasteiger partial charge on any atom is 0.343 e. The second kappa shape index (κ2) is 10.3. The van der Waals surface area contributed by atoms with Crippen molar-refractivity contribution in [3.8, 4) is 5.75 Å². The largest absolute Gasteiger partial charge is 0.423 e. The second-order valence-electron chi connectivity index (χ2n) is 9.77. The fourth-order valence-corrected chi connectivity index (χ4v) is 5.12. The van der Waals surface area contributed by atoms with Crippen molar-refractivity contribution in [3.05, 3.63) is 130 Å². The topological polar surface area (TPSA) is 119 Å². The number of hydrogen-bond donors (Lipinski definition) is 0. The molecule has 2 aliphatic heterocycles. The smallest absolute Gasteiger partial charge is 0.343 e. The zero-order valence-corrected chi connectivity index (χ0v) is 21.7. The molecular formula is C31H23N3O7. The molecule has 41 heavy (non-hydrogen) atoms. The molecule has 2 fully saturated rings. The number of hydroxylamine groups is 1. The molecule has 4 aromatic rings. The molecule has 0 aliphatic carbocycles. The zero-order valence-electron chi connectivity index (χ0n) is 21.7. The summed E-state index contributed by atoms with van der Waals surface area (Å²) < 4.78 is 5.50. The maximum absolute atomic E-state index is 13.8. The Bertz CT molecular complexity index is 1640. The number of carbonyl (C=O) groups is 3. The molecule has 2 aliphatic rings. The van der Waals surface area contributed by atoms with Crippen LogP contribution in [-0.4, -0.2) is 28.8 Å². The maximum atomic E-state index is 13.8. The number of fused-ring (bicyclic) bond motifs is 1. The highest BCUT2D eigenvalue weighted by atomic mass is 16.7. The number of anilines is 2.